The van der Waals surface area contributed by atoms with Crippen LogP contribution in [0.25, 0.3) is 6.08 Å². The summed E-state index contributed by atoms with van der Waals surface area (Å²) >= 11 is 8.00. The van der Waals surface area contributed by atoms with Gasteiger partial charge in [-0.05, 0) is 90.0 Å². The highest BCUT2D eigenvalue weighted by Crippen LogP contribution is 2.36. The molecular formula is C25H20ClIN2O5S. The quantitative estimate of drug-likeness (QED) is 0.153. The summed E-state index contributed by atoms with van der Waals surface area (Å²) in [7, 11) is -2.74. The summed E-state index contributed by atoms with van der Waals surface area (Å²) in [6.07, 6.45) is 1.37. The number of nitrogens with one attached hydrogen (secondary N) is 1. The van der Waals surface area contributed by atoms with Gasteiger partial charge in [0.25, 0.3) is 5.91 Å². The fourth-order valence-electron chi connectivity index (χ4n) is 3.01. The molecule has 0 radical (unpaired) electrons. The van der Waals surface area contributed by atoms with Crippen molar-refractivity contribution in [2.75, 3.05) is 12.4 Å². The topological polar surface area (TPSA) is 105 Å². The number of aryl methyl sites for hydroxylation is 1. The van der Waals surface area contributed by atoms with Crippen molar-refractivity contribution in [3.05, 3.63) is 85.5 Å². The highest BCUT2D eigenvalue weighted by molar-refractivity contribution is 14.1. The minimum Gasteiger partial charge on any atom is -0.493 e. The molecule has 0 aliphatic rings. The van der Waals surface area contributed by atoms with Gasteiger partial charge in [-0.25, -0.2) is 0 Å². The van der Waals surface area contributed by atoms with Crippen molar-refractivity contribution in [1.82, 2.24) is 0 Å². The van der Waals surface area contributed by atoms with Gasteiger partial charge in [0.05, 0.1) is 10.7 Å². The van der Waals surface area contributed by atoms with Crippen LogP contribution in [0.5, 0.6) is 11.5 Å². The molecule has 0 bridgehead atoms. The number of hydrogen-bond acceptors (Lipinski definition) is 6. The van der Waals surface area contributed by atoms with E-state index in [2.05, 4.69) is 5.32 Å². The lowest BCUT2D eigenvalue weighted by molar-refractivity contribution is -0.112. The molecule has 0 aliphatic heterocycles. The predicted octanol–water partition coefficient (Wildman–Crippen LogP) is 5.88. The fraction of sp³-hybridized carbons (Fsp3) is 0.120. The lowest BCUT2D eigenvalue weighted by atomic mass is 10.1. The highest BCUT2D eigenvalue weighted by Gasteiger charge is 2.22. The van der Waals surface area contributed by atoms with Crippen LogP contribution in [-0.2, 0) is 14.9 Å². The summed E-state index contributed by atoms with van der Waals surface area (Å²) in [5.41, 5.74) is 2.35. The molecule has 0 aromatic heterocycles. The Morgan fingerprint density at radius 1 is 1.14 bits per heavy atom. The van der Waals surface area contributed by atoms with Crippen LogP contribution in [0.3, 0.4) is 0 Å². The molecule has 0 heterocycles. The van der Waals surface area contributed by atoms with Crippen molar-refractivity contribution in [3.8, 4) is 17.6 Å². The molecule has 0 saturated heterocycles. The number of benzene rings is 3. The molecule has 0 saturated carbocycles. The number of methoxy groups -OCH3 is 1. The Morgan fingerprint density at radius 2 is 1.83 bits per heavy atom. The number of nitriles is 1. The summed E-state index contributed by atoms with van der Waals surface area (Å²) in [6.45, 7) is 3.60. The van der Waals surface area contributed by atoms with E-state index in [4.69, 9.17) is 20.5 Å². The largest absolute Gasteiger partial charge is 0.493 e. The van der Waals surface area contributed by atoms with Crippen LogP contribution in [0.2, 0.25) is 5.02 Å². The van der Waals surface area contributed by atoms with Gasteiger partial charge in [0.1, 0.15) is 16.5 Å². The molecule has 0 fully saturated rings. The van der Waals surface area contributed by atoms with Crippen molar-refractivity contribution in [2.24, 2.45) is 0 Å². The van der Waals surface area contributed by atoms with Crippen LogP contribution in [0.4, 0.5) is 5.69 Å². The number of carbonyl (C=O) groups excluding carboxylic acids is 1. The zero-order chi connectivity index (χ0) is 25.8. The Balaban J connectivity index is 1.92. The number of nitrogens with zero attached hydrogens (tertiary/aromatic N) is 1. The van der Waals surface area contributed by atoms with Crippen LogP contribution in [0, 0.1) is 28.7 Å². The maximum absolute atomic E-state index is 12.8. The smallest absolute Gasteiger partial charge is 0.339 e. The van der Waals surface area contributed by atoms with E-state index >= 15 is 0 Å². The monoisotopic (exact) mass is 622 g/mol. The standard InChI is InChI=1S/C25H20ClIN2O5S/c1-15-7-9-19(10-8-15)35(31,32)34-24-21(27)12-17(13-23(24)33-3)11-18(14-28)25(30)29-22-6-4-5-20(26)16(22)2/h4-13H,1-3H3,(H,29,30)/b18-11+. The van der Waals surface area contributed by atoms with Gasteiger partial charge in [0.15, 0.2) is 11.5 Å². The molecule has 0 spiro atoms. The first-order chi connectivity index (χ1) is 16.6. The normalized spacial score (nSPS) is 11.5. The summed E-state index contributed by atoms with van der Waals surface area (Å²) < 4.78 is 36.7. The van der Waals surface area contributed by atoms with E-state index in [9.17, 15) is 18.5 Å². The molecule has 1 amide bonds. The van der Waals surface area contributed by atoms with E-state index < -0.39 is 16.0 Å². The van der Waals surface area contributed by atoms with Crippen LogP contribution in [0.15, 0.2) is 65.1 Å². The van der Waals surface area contributed by atoms with Gasteiger partial charge in [-0.2, -0.15) is 13.7 Å². The number of hydrogen-bond donors (Lipinski definition) is 1. The molecule has 0 aliphatic carbocycles. The zero-order valence-electron chi connectivity index (χ0n) is 18.9. The Kier molecular flexibility index (Phi) is 8.43. The van der Waals surface area contributed by atoms with E-state index in [1.54, 1.807) is 43.3 Å². The number of rotatable bonds is 7. The SMILES string of the molecule is COc1cc(/C=C(\C#N)C(=O)Nc2cccc(Cl)c2C)cc(I)c1OS(=O)(=O)c1ccc(C)cc1. The molecular weight excluding hydrogens is 603 g/mol. The summed E-state index contributed by atoms with van der Waals surface area (Å²) in [5, 5.41) is 12.7. The third kappa shape index (κ3) is 6.33. The van der Waals surface area contributed by atoms with Crippen molar-refractivity contribution in [2.45, 2.75) is 18.7 Å². The maximum atomic E-state index is 12.8. The van der Waals surface area contributed by atoms with E-state index in [0.29, 0.717) is 25.4 Å². The van der Waals surface area contributed by atoms with Crippen molar-refractivity contribution >= 4 is 62.0 Å². The number of ether oxygens (including phenoxy) is 1. The minimum absolute atomic E-state index is 0.00309. The number of halogens is 2. The molecule has 7 nitrogen and oxygen atoms in total. The molecule has 10 heteroatoms. The highest BCUT2D eigenvalue weighted by atomic mass is 127. The van der Waals surface area contributed by atoms with Gasteiger partial charge in [-0.1, -0.05) is 35.4 Å². The molecule has 3 aromatic carbocycles. The second-order valence-corrected chi connectivity index (χ2v) is 10.5. The Labute approximate surface area is 222 Å². The first-order valence-corrected chi connectivity index (χ1v) is 13.0. The average molecular weight is 623 g/mol. The van der Waals surface area contributed by atoms with Crippen molar-refractivity contribution in [1.29, 1.82) is 5.26 Å². The summed E-state index contributed by atoms with van der Waals surface area (Å²) in [4.78, 5) is 12.7. The second-order valence-electron chi connectivity index (χ2n) is 7.42. The van der Waals surface area contributed by atoms with E-state index in [1.807, 2.05) is 35.6 Å². The Bertz CT molecular complexity index is 1460. The van der Waals surface area contributed by atoms with Gasteiger partial charge in [0.2, 0.25) is 0 Å². The van der Waals surface area contributed by atoms with Gasteiger partial charge in [-0.3, -0.25) is 4.79 Å². The van der Waals surface area contributed by atoms with Crippen LogP contribution in [0.1, 0.15) is 16.7 Å². The van der Waals surface area contributed by atoms with Crippen LogP contribution in [-0.4, -0.2) is 21.4 Å². The van der Waals surface area contributed by atoms with E-state index in [0.717, 1.165) is 5.56 Å². The third-order valence-electron chi connectivity index (χ3n) is 4.95. The van der Waals surface area contributed by atoms with Crippen molar-refractivity contribution < 1.29 is 22.1 Å². The van der Waals surface area contributed by atoms with Gasteiger partial charge in [0, 0.05) is 10.7 Å². The first kappa shape index (κ1) is 26.5. The summed E-state index contributed by atoms with van der Waals surface area (Å²) in [5.74, 6) is -0.486. The third-order valence-corrected chi connectivity index (χ3v) is 7.39. The number of anilines is 1. The first-order valence-electron chi connectivity index (χ1n) is 10.1. The number of carbonyl (C=O) groups is 1. The zero-order valence-corrected chi connectivity index (χ0v) is 22.7. The molecule has 180 valence electrons. The Morgan fingerprint density at radius 3 is 2.46 bits per heavy atom. The average Bonchev–Trinajstić information content (AvgIpc) is 2.82. The molecule has 35 heavy (non-hydrogen) atoms. The second kappa shape index (κ2) is 11.1. The van der Waals surface area contributed by atoms with Crippen LogP contribution >= 0.6 is 34.2 Å². The van der Waals surface area contributed by atoms with Crippen LogP contribution < -0.4 is 14.2 Å². The molecule has 0 unspecified atom stereocenters. The summed E-state index contributed by atoms with van der Waals surface area (Å²) in [6, 6.07) is 16.3. The Hall–Kier alpha value is -3.07. The van der Waals surface area contributed by atoms with Gasteiger partial charge in [-0.15, -0.1) is 0 Å². The van der Waals surface area contributed by atoms with Gasteiger partial charge >= 0.3 is 10.1 Å². The van der Waals surface area contributed by atoms with Crippen molar-refractivity contribution in [3.63, 3.8) is 0 Å². The molecule has 1 N–H and O–H groups in total. The predicted molar refractivity (Wildman–Crippen MR) is 143 cm³/mol. The van der Waals surface area contributed by atoms with E-state index in [1.165, 1.54) is 31.4 Å². The molecule has 0 atom stereocenters. The lowest BCUT2D eigenvalue weighted by Gasteiger charge is -2.14. The molecule has 3 aromatic rings. The fourth-order valence-corrected chi connectivity index (χ4v) is 5.03. The molecule has 3 rings (SSSR count). The van der Waals surface area contributed by atoms with E-state index in [-0.39, 0.29) is 22.0 Å². The lowest BCUT2D eigenvalue weighted by Crippen LogP contribution is -2.14. The van der Waals surface area contributed by atoms with Gasteiger partial charge < -0.3 is 14.2 Å². The maximum Gasteiger partial charge on any atom is 0.339 e. The number of amides is 1. The minimum atomic E-state index is -4.11.